The largest absolute Gasteiger partial charge is 0.303 e. The van der Waals surface area contributed by atoms with Crippen LogP contribution >= 0.6 is 12.2 Å². The smallest absolute Gasteiger partial charge is 0.199 e. The highest BCUT2D eigenvalue weighted by Gasteiger charge is 2.14. The van der Waals surface area contributed by atoms with Crippen LogP contribution in [0.3, 0.4) is 0 Å². The fraction of sp³-hybridized carbons (Fsp3) is 0.429. The molecule has 0 aliphatic carbocycles. The molecule has 1 aromatic heterocycles. The van der Waals surface area contributed by atoms with Gasteiger partial charge in [0.25, 0.3) is 0 Å². The number of H-pyrrole nitrogens is 1. The Morgan fingerprint density at radius 1 is 1.16 bits per heavy atom. The van der Waals surface area contributed by atoms with Gasteiger partial charge in [0, 0.05) is 18.7 Å². The van der Waals surface area contributed by atoms with Crippen LogP contribution in [-0.4, -0.2) is 39.3 Å². The third-order valence-electron chi connectivity index (χ3n) is 3.61. The van der Waals surface area contributed by atoms with Crippen LogP contribution in [0.5, 0.6) is 0 Å². The van der Waals surface area contributed by atoms with Crippen molar-refractivity contribution in [1.29, 1.82) is 0 Å². The number of hydrogen-bond donors (Lipinski definition) is 1. The van der Waals surface area contributed by atoms with Crippen molar-refractivity contribution in [2.24, 2.45) is 0 Å². The lowest BCUT2D eigenvalue weighted by Crippen LogP contribution is -2.23. The molecule has 2 heterocycles. The zero-order valence-corrected chi connectivity index (χ0v) is 11.7. The van der Waals surface area contributed by atoms with Gasteiger partial charge in [-0.15, -0.1) is 0 Å². The lowest BCUT2D eigenvalue weighted by atomic mass is 10.3. The van der Waals surface area contributed by atoms with Crippen molar-refractivity contribution in [3.05, 3.63) is 40.9 Å². The molecule has 0 saturated carbocycles. The van der Waals surface area contributed by atoms with Gasteiger partial charge in [0.2, 0.25) is 0 Å². The number of aromatic nitrogens is 3. The molecule has 1 N–H and O–H groups in total. The highest BCUT2D eigenvalue weighted by molar-refractivity contribution is 7.71. The molecular weight excluding hydrogens is 256 g/mol. The Labute approximate surface area is 118 Å². The monoisotopic (exact) mass is 274 g/mol. The maximum Gasteiger partial charge on any atom is 0.199 e. The molecule has 0 spiro atoms. The molecule has 100 valence electrons. The summed E-state index contributed by atoms with van der Waals surface area (Å²) in [6.07, 6.45) is 3.58. The normalized spacial score (nSPS) is 16.0. The Hall–Kier alpha value is -1.46. The fourth-order valence-corrected chi connectivity index (χ4v) is 2.86. The van der Waals surface area contributed by atoms with Gasteiger partial charge in [-0.25, -0.2) is 0 Å². The van der Waals surface area contributed by atoms with Gasteiger partial charge in [-0.3, -0.25) is 9.67 Å². The van der Waals surface area contributed by atoms with Gasteiger partial charge < -0.3 is 4.90 Å². The number of hydrogen-bond acceptors (Lipinski definition) is 3. The summed E-state index contributed by atoms with van der Waals surface area (Å²) < 4.78 is 2.70. The van der Waals surface area contributed by atoms with E-state index in [4.69, 9.17) is 12.2 Å². The third kappa shape index (κ3) is 2.77. The molecule has 0 amide bonds. The van der Waals surface area contributed by atoms with Gasteiger partial charge in [0.1, 0.15) is 5.82 Å². The predicted octanol–water partition coefficient (Wildman–Crippen LogP) is 2.57. The molecule has 1 saturated heterocycles. The van der Waals surface area contributed by atoms with Crippen LogP contribution in [0.15, 0.2) is 30.3 Å². The summed E-state index contributed by atoms with van der Waals surface area (Å²) in [5.74, 6) is 1.02. The van der Waals surface area contributed by atoms with E-state index >= 15 is 0 Å². The van der Waals surface area contributed by atoms with E-state index in [1.807, 2.05) is 22.8 Å². The van der Waals surface area contributed by atoms with E-state index in [1.165, 1.54) is 25.9 Å². The van der Waals surface area contributed by atoms with E-state index < -0.39 is 0 Å². The van der Waals surface area contributed by atoms with E-state index in [1.54, 1.807) is 0 Å². The van der Waals surface area contributed by atoms with Crippen LogP contribution in [0.2, 0.25) is 0 Å². The second-order valence-electron chi connectivity index (χ2n) is 4.91. The van der Waals surface area contributed by atoms with Crippen molar-refractivity contribution in [2.45, 2.75) is 19.3 Å². The van der Waals surface area contributed by atoms with Crippen molar-refractivity contribution in [3.8, 4) is 5.69 Å². The molecule has 2 aromatic rings. The molecule has 1 fully saturated rings. The van der Waals surface area contributed by atoms with Gasteiger partial charge in [-0.05, 0) is 50.3 Å². The first-order valence-electron chi connectivity index (χ1n) is 6.79. The minimum Gasteiger partial charge on any atom is -0.303 e. The Kier molecular flexibility index (Phi) is 3.75. The molecule has 3 rings (SSSR count). The molecule has 1 aliphatic heterocycles. The molecule has 1 aliphatic rings. The number of para-hydroxylation sites is 1. The van der Waals surface area contributed by atoms with E-state index in [2.05, 4.69) is 27.2 Å². The summed E-state index contributed by atoms with van der Waals surface area (Å²) >= 11 is 5.34. The summed E-state index contributed by atoms with van der Waals surface area (Å²) in [5, 5.41) is 7.28. The van der Waals surface area contributed by atoms with Crippen LogP contribution in [-0.2, 0) is 6.42 Å². The Balaban J connectivity index is 1.80. The second-order valence-corrected chi connectivity index (χ2v) is 5.30. The van der Waals surface area contributed by atoms with E-state index in [9.17, 15) is 0 Å². The first-order chi connectivity index (χ1) is 9.34. The average molecular weight is 274 g/mol. The Morgan fingerprint density at radius 3 is 2.63 bits per heavy atom. The third-order valence-corrected chi connectivity index (χ3v) is 3.88. The summed E-state index contributed by atoms with van der Waals surface area (Å²) in [6.45, 7) is 3.50. The van der Waals surface area contributed by atoms with E-state index in [-0.39, 0.29) is 0 Å². The topological polar surface area (TPSA) is 36.9 Å². The molecule has 4 nitrogen and oxygen atoms in total. The SMILES string of the molecule is S=c1[nH]nc(CCN2CCCC2)n1-c1ccccc1. The van der Waals surface area contributed by atoms with Crippen LogP contribution in [0, 0.1) is 4.77 Å². The number of rotatable bonds is 4. The number of likely N-dealkylation sites (tertiary alicyclic amines) is 1. The summed E-state index contributed by atoms with van der Waals surface area (Å²) in [7, 11) is 0. The minimum atomic E-state index is 0.669. The molecule has 0 atom stereocenters. The molecule has 5 heteroatoms. The maximum atomic E-state index is 5.34. The number of aromatic amines is 1. The standard InChI is InChI=1S/C14H18N4S/c19-14-16-15-13(8-11-17-9-4-5-10-17)18(14)12-6-2-1-3-7-12/h1-3,6-7H,4-5,8-11H2,(H,16,19). The zero-order valence-electron chi connectivity index (χ0n) is 10.9. The predicted molar refractivity (Wildman–Crippen MR) is 78.1 cm³/mol. The van der Waals surface area contributed by atoms with Gasteiger partial charge in [0.05, 0.1) is 0 Å². The molecular formula is C14H18N4S. The van der Waals surface area contributed by atoms with Gasteiger partial charge in [-0.1, -0.05) is 18.2 Å². The molecule has 0 bridgehead atoms. The molecule has 19 heavy (non-hydrogen) atoms. The summed E-state index contributed by atoms with van der Waals surface area (Å²) in [6, 6.07) is 10.2. The minimum absolute atomic E-state index is 0.669. The lowest BCUT2D eigenvalue weighted by molar-refractivity contribution is 0.340. The average Bonchev–Trinajstić information content (AvgIpc) is 3.07. The van der Waals surface area contributed by atoms with Crippen molar-refractivity contribution in [2.75, 3.05) is 19.6 Å². The van der Waals surface area contributed by atoms with Crippen LogP contribution < -0.4 is 0 Å². The van der Waals surface area contributed by atoms with E-state index in [0.29, 0.717) is 4.77 Å². The van der Waals surface area contributed by atoms with E-state index in [0.717, 1.165) is 24.5 Å². The van der Waals surface area contributed by atoms with Gasteiger partial charge in [-0.2, -0.15) is 5.10 Å². The zero-order chi connectivity index (χ0) is 13.1. The second kappa shape index (κ2) is 5.67. The summed E-state index contributed by atoms with van der Waals surface area (Å²) in [5.41, 5.74) is 1.08. The van der Waals surface area contributed by atoms with Crippen molar-refractivity contribution in [3.63, 3.8) is 0 Å². The van der Waals surface area contributed by atoms with Crippen molar-refractivity contribution in [1.82, 2.24) is 19.7 Å². The first kappa shape index (κ1) is 12.6. The molecule has 0 unspecified atom stereocenters. The van der Waals surface area contributed by atoms with Crippen LogP contribution in [0.4, 0.5) is 0 Å². The highest BCUT2D eigenvalue weighted by Crippen LogP contribution is 2.13. The van der Waals surface area contributed by atoms with Crippen LogP contribution in [0.25, 0.3) is 5.69 Å². The Morgan fingerprint density at radius 2 is 1.89 bits per heavy atom. The van der Waals surface area contributed by atoms with Crippen molar-refractivity contribution < 1.29 is 0 Å². The quantitative estimate of drug-likeness (QED) is 0.871. The Bertz CT molecular complexity index is 581. The van der Waals surface area contributed by atoms with Crippen molar-refractivity contribution >= 4 is 12.2 Å². The number of benzene rings is 1. The maximum absolute atomic E-state index is 5.34. The number of nitrogens with zero attached hydrogens (tertiary/aromatic N) is 3. The lowest BCUT2D eigenvalue weighted by Gasteiger charge is -2.14. The fourth-order valence-electron chi connectivity index (χ4n) is 2.60. The number of nitrogens with one attached hydrogen (secondary N) is 1. The van der Waals surface area contributed by atoms with Gasteiger partial charge in [0.15, 0.2) is 4.77 Å². The molecule has 1 aromatic carbocycles. The highest BCUT2D eigenvalue weighted by atomic mass is 32.1. The van der Waals surface area contributed by atoms with Crippen LogP contribution in [0.1, 0.15) is 18.7 Å². The first-order valence-corrected chi connectivity index (χ1v) is 7.19. The summed E-state index contributed by atoms with van der Waals surface area (Å²) in [4.78, 5) is 2.49. The van der Waals surface area contributed by atoms with Gasteiger partial charge >= 0.3 is 0 Å². The molecule has 0 radical (unpaired) electrons.